The number of imidazole rings is 1. The molecule has 1 aliphatic carbocycles. The van der Waals surface area contributed by atoms with Crippen molar-refractivity contribution in [2.75, 3.05) is 5.73 Å². The van der Waals surface area contributed by atoms with Crippen LogP contribution in [0.3, 0.4) is 0 Å². The van der Waals surface area contributed by atoms with Crippen molar-refractivity contribution >= 4 is 17.0 Å². The molecule has 0 aromatic carbocycles. The first kappa shape index (κ1) is 11.5. The SMILES string of the molecule is Nc1nc2cnccc2n1C1CCCCCCC1. The van der Waals surface area contributed by atoms with Gasteiger partial charge >= 0.3 is 0 Å². The fraction of sp³-hybridized carbons (Fsp3) is 0.571. The van der Waals surface area contributed by atoms with Crippen molar-refractivity contribution in [1.82, 2.24) is 14.5 Å². The summed E-state index contributed by atoms with van der Waals surface area (Å²) in [5.74, 6) is 0.642. The molecule has 2 N–H and O–H groups in total. The van der Waals surface area contributed by atoms with Gasteiger partial charge in [-0.25, -0.2) is 4.98 Å². The van der Waals surface area contributed by atoms with Crippen LogP contribution in [-0.2, 0) is 0 Å². The van der Waals surface area contributed by atoms with Gasteiger partial charge in [0.1, 0.15) is 5.52 Å². The third-order valence-corrected chi connectivity index (χ3v) is 3.96. The Hall–Kier alpha value is -1.58. The Morgan fingerprint density at radius 2 is 1.83 bits per heavy atom. The maximum absolute atomic E-state index is 6.10. The summed E-state index contributed by atoms with van der Waals surface area (Å²) in [5.41, 5.74) is 8.14. The highest BCUT2D eigenvalue weighted by molar-refractivity contribution is 5.77. The lowest BCUT2D eigenvalue weighted by Crippen LogP contribution is -2.13. The van der Waals surface area contributed by atoms with Crippen molar-refractivity contribution in [2.45, 2.75) is 51.0 Å². The smallest absolute Gasteiger partial charge is 0.201 e. The second kappa shape index (κ2) is 4.96. The predicted molar refractivity (Wildman–Crippen MR) is 73.3 cm³/mol. The number of fused-ring (bicyclic) bond motifs is 1. The lowest BCUT2D eigenvalue weighted by molar-refractivity contribution is 0.381. The lowest BCUT2D eigenvalue weighted by atomic mass is 9.96. The van der Waals surface area contributed by atoms with Crippen molar-refractivity contribution in [1.29, 1.82) is 0 Å². The largest absolute Gasteiger partial charge is 0.369 e. The van der Waals surface area contributed by atoms with E-state index in [-0.39, 0.29) is 0 Å². The van der Waals surface area contributed by atoms with Crippen LogP contribution in [0.25, 0.3) is 11.0 Å². The molecular weight excluding hydrogens is 224 g/mol. The Bertz CT molecular complexity index is 524. The third-order valence-electron chi connectivity index (χ3n) is 3.96. The molecule has 2 heterocycles. The first-order valence-electron chi connectivity index (χ1n) is 6.93. The van der Waals surface area contributed by atoms with Crippen LogP contribution in [0.2, 0.25) is 0 Å². The highest BCUT2D eigenvalue weighted by Crippen LogP contribution is 2.31. The number of nitrogens with two attached hydrogens (primary N) is 1. The molecule has 1 aliphatic rings. The molecule has 0 amide bonds. The number of nitrogens with zero attached hydrogens (tertiary/aromatic N) is 3. The van der Waals surface area contributed by atoms with Crippen LogP contribution in [0.4, 0.5) is 5.95 Å². The summed E-state index contributed by atoms with van der Waals surface area (Å²) < 4.78 is 2.22. The van der Waals surface area contributed by atoms with Gasteiger partial charge in [-0.2, -0.15) is 0 Å². The van der Waals surface area contributed by atoms with E-state index in [9.17, 15) is 0 Å². The van der Waals surface area contributed by atoms with E-state index >= 15 is 0 Å². The molecule has 0 atom stereocenters. The molecule has 4 nitrogen and oxygen atoms in total. The van der Waals surface area contributed by atoms with Crippen LogP contribution in [0, 0.1) is 0 Å². The summed E-state index contributed by atoms with van der Waals surface area (Å²) in [5, 5.41) is 0. The Balaban J connectivity index is 1.98. The highest BCUT2D eigenvalue weighted by atomic mass is 15.2. The van der Waals surface area contributed by atoms with Crippen LogP contribution < -0.4 is 5.73 Å². The summed E-state index contributed by atoms with van der Waals surface area (Å²) in [4.78, 5) is 8.54. The Morgan fingerprint density at radius 1 is 1.11 bits per heavy atom. The molecule has 0 saturated heterocycles. The first-order chi connectivity index (χ1) is 8.86. The number of pyridine rings is 1. The maximum Gasteiger partial charge on any atom is 0.201 e. The van der Waals surface area contributed by atoms with E-state index in [0.29, 0.717) is 12.0 Å². The minimum absolute atomic E-state index is 0.512. The summed E-state index contributed by atoms with van der Waals surface area (Å²) >= 11 is 0. The first-order valence-corrected chi connectivity index (χ1v) is 6.93. The van der Waals surface area contributed by atoms with E-state index in [1.165, 1.54) is 44.9 Å². The van der Waals surface area contributed by atoms with Crippen LogP contribution in [0.1, 0.15) is 51.0 Å². The van der Waals surface area contributed by atoms with E-state index in [4.69, 9.17) is 5.73 Å². The average molecular weight is 244 g/mol. The van der Waals surface area contributed by atoms with E-state index in [1.54, 1.807) is 6.20 Å². The van der Waals surface area contributed by atoms with E-state index in [2.05, 4.69) is 14.5 Å². The zero-order valence-electron chi connectivity index (χ0n) is 10.7. The Morgan fingerprint density at radius 3 is 2.61 bits per heavy atom. The zero-order chi connectivity index (χ0) is 12.4. The van der Waals surface area contributed by atoms with Gasteiger partial charge in [0.25, 0.3) is 0 Å². The van der Waals surface area contributed by atoms with Crippen molar-refractivity contribution < 1.29 is 0 Å². The van der Waals surface area contributed by atoms with Crippen molar-refractivity contribution in [3.8, 4) is 0 Å². The van der Waals surface area contributed by atoms with Crippen molar-refractivity contribution in [3.63, 3.8) is 0 Å². The number of aromatic nitrogens is 3. The number of rotatable bonds is 1. The zero-order valence-corrected chi connectivity index (χ0v) is 10.7. The number of anilines is 1. The minimum atomic E-state index is 0.512. The van der Waals surface area contributed by atoms with Gasteiger partial charge in [-0.15, -0.1) is 0 Å². The molecule has 96 valence electrons. The molecule has 1 saturated carbocycles. The van der Waals surface area contributed by atoms with Crippen LogP contribution in [-0.4, -0.2) is 14.5 Å². The minimum Gasteiger partial charge on any atom is -0.369 e. The quantitative estimate of drug-likeness (QED) is 0.837. The second-order valence-corrected chi connectivity index (χ2v) is 5.20. The van der Waals surface area contributed by atoms with Gasteiger partial charge in [-0.1, -0.05) is 32.1 Å². The molecular formula is C14H20N4. The van der Waals surface area contributed by atoms with Gasteiger partial charge in [0, 0.05) is 12.2 Å². The molecule has 0 bridgehead atoms. The third kappa shape index (κ3) is 2.07. The average Bonchev–Trinajstić information content (AvgIpc) is 2.65. The monoisotopic (exact) mass is 244 g/mol. The molecule has 1 fully saturated rings. The Labute approximate surface area is 107 Å². The van der Waals surface area contributed by atoms with Gasteiger partial charge in [0.05, 0.1) is 11.7 Å². The predicted octanol–water partition coefficient (Wildman–Crippen LogP) is 3.30. The summed E-state index contributed by atoms with van der Waals surface area (Å²) in [7, 11) is 0. The van der Waals surface area contributed by atoms with E-state index in [0.717, 1.165) is 11.0 Å². The molecule has 0 radical (unpaired) electrons. The van der Waals surface area contributed by atoms with Crippen LogP contribution in [0.15, 0.2) is 18.5 Å². The summed E-state index contributed by atoms with van der Waals surface area (Å²) in [6, 6.07) is 2.54. The topological polar surface area (TPSA) is 56.7 Å². The number of hydrogen-bond acceptors (Lipinski definition) is 3. The normalized spacial score (nSPS) is 18.7. The van der Waals surface area contributed by atoms with Crippen molar-refractivity contribution in [3.05, 3.63) is 18.5 Å². The maximum atomic E-state index is 6.10. The molecule has 0 aliphatic heterocycles. The second-order valence-electron chi connectivity index (χ2n) is 5.20. The fourth-order valence-electron chi connectivity index (χ4n) is 3.05. The molecule has 2 aromatic heterocycles. The lowest BCUT2D eigenvalue weighted by Gasteiger charge is -2.22. The Kier molecular flexibility index (Phi) is 3.17. The molecule has 0 unspecified atom stereocenters. The van der Waals surface area contributed by atoms with Crippen LogP contribution >= 0.6 is 0 Å². The van der Waals surface area contributed by atoms with Gasteiger partial charge in [-0.3, -0.25) is 4.98 Å². The van der Waals surface area contributed by atoms with E-state index < -0.39 is 0 Å². The number of nitrogen functional groups attached to an aromatic ring is 1. The molecule has 2 aromatic rings. The van der Waals surface area contributed by atoms with Gasteiger partial charge in [0.15, 0.2) is 0 Å². The summed E-state index contributed by atoms with van der Waals surface area (Å²) in [6.07, 6.45) is 12.7. The van der Waals surface area contributed by atoms with E-state index in [1.807, 2.05) is 12.3 Å². The van der Waals surface area contributed by atoms with Crippen LogP contribution in [0.5, 0.6) is 0 Å². The fourth-order valence-corrected chi connectivity index (χ4v) is 3.05. The molecule has 3 rings (SSSR count). The van der Waals surface area contributed by atoms with Gasteiger partial charge in [-0.05, 0) is 18.9 Å². The van der Waals surface area contributed by atoms with Gasteiger partial charge < -0.3 is 10.3 Å². The molecule has 0 spiro atoms. The highest BCUT2D eigenvalue weighted by Gasteiger charge is 2.18. The molecule has 18 heavy (non-hydrogen) atoms. The standard InChI is InChI=1S/C14H20N4/c15-14-17-12-10-16-9-8-13(12)18(14)11-6-4-2-1-3-5-7-11/h8-11H,1-7H2,(H2,15,17). The van der Waals surface area contributed by atoms with Gasteiger partial charge in [0.2, 0.25) is 5.95 Å². The molecule has 4 heteroatoms. The summed E-state index contributed by atoms with van der Waals surface area (Å²) in [6.45, 7) is 0. The number of hydrogen-bond donors (Lipinski definition) is 1. The van der Waals surface area contributed by atoms with Crippen molar-refractivity contribution in [2.24, 2.45) is 0 Å².